The second kappa shape index (κ2) is 8.91. The molecule has 1 atom stereocenters. The number of anilines is 2. The van der Waals surface area contributed by atoms with Crippen LogP contribution >= 0.6 is 35.0 Å². The van der Waals surface area contributed by atoms with Gasteiger partial charge in [0.15, 0.2) is 0 Å². The number of benzene rings is 3. The summed E-state index contributed by atoms with van der Waals surface area (Å²) in [6, 6.07) is 16.5. The molecule has 2 amide bonds. The summed E-state index contributed by atoms with van der Waals surface area (Å²) >= 11 is 13.4. The first kappa shape index (κ1) is 21.7. The van der Waals surface area contributed by atoms with E-state index in [4.69, 9.17) is 23.2 Å². The zero-order valence-corrected chi connectivity index (χ0v) is 18.7. The first-order chi connectivity index (χ1) is 14.8. The van der Waals surface area contributed by atoms with Crippen LogP contribution in [0.3, 0.4) is 0 Å². The minimum absolute atomic E-state index is 0.165. The summed E-state index contributed by atoms with van der Waals surface area (Å²) in [5.74, 6) is -0.750. The molecule has 0 aliphatic carbocycles. The zero-order chi connectivity index (χ0) is 22.1. The molecular formula is C23H17Cl2FN2O2S. The minimum Gasteiger partial charge on any atom is -0.322 e. The van der Waals surface area contributed by atoms with Crippen LogP contribution in [0.4, 0.5) is 15.8 Å². The zero-order valence-electron chi connectivity index (χ0n) is 16.4. The standard InChI is InChI=1S/C23H17Cl2FN2O2S/c1-13-5-8-19(26)20(9-13)28-21(29)12-31-23(28)14-3-2-4-16(10-14)27-22(30)17-7-6-15(24)11-18(17)25/h2-11,23H,12H2,1H3,(H,27,30). The van der Waals surface area contributed by atoms with Crippen LogP contribution in [-0.4, -0.2) is 17.6 Å². The maximum Gasteiger partial charge on any atom is 0.257 e. The van der Waals surface area contributed by atoms with Gasteiger partial charge in [0.2, 0.25) is 5.91 Å². The van der Waals surface area contributed by atoms with E-state index in [2.05, 4.69) is 5.32 Å². The van der Waals surface area contributed by atoms with E-state index < -0.39 is 11.2 Å². The number of hydrogen-bond acceptors (Lipinski definition) is 3. The van der Waals surface area contributed by atoms with Crippen LogP contribution in [0.2, 0.25) is 10.0 Å². The number of carbonyl (C=O) groups is 2. The number of hydrogen-bond donors (Lipinski definition) is 1. The monoisotopic (exact) mass is 474 g/mol. The maximum absolute atomic E-state index is 14.5. The molecule has 1 aliphatic rings. The highest BCUT2D eigenvalue weighted by Crippen LogP contribution is 2.43. The fourth-order valence-electron chi connectivity index (χ4n) is 3.38. The molecule has 158 valence electrons. The number of aryl methyl sites for hydroxylation is 1. The molecule has 0 aromatic heterocycles. The van der Waals surface area contributed by atoms with Crippen LogP contribution in [0.25, 0.3) is 0 Å². The molecule has 1 N–H and O–H groups in total. The van der Waals surface area contributed by atoms with E-state index in [1.807, 2.05) is 13.0 Å². The summed E-state index contributed by atoms with van der Waals surface area (Å²) in [5, 5.41) is 3.10. The van der Waals surface area contributed by atoms with Crippen molar-refractivity contribution in [3.63, 3.8) is 0 Å². The lowest BCUT2D eigenvalue weighted by Crippen LogP contribution is -2.28. The maximum atomic E-state index is 14.5. The third-order valence-electron chi connectivity index (χ3n) is 4.83. The lowest BCUT2D eigenvalue weighted by molar-refractivity contribution is -0.115. The quantitative estimate of drug-likeness (QED) is 0.471. The molecule has 1 fully saturated rings. The van der Waals surface area contributed by atoms with E-state index in [0.29, 0.717) is 16.3 Å². The SMILES string of the molecule is Cc1ccc(F)c(N2C(=O)CSC2c2cccc(NC(=O)c3ccc(Cl)cc3Cl)c2)c1. The number of amides is 2. The highest BCUT2D eigenvalue weighted by molar-refractivity contribution is 8.00. The minimum atomic E-state index is -0.451. The first-order valence-corrected chi connectivity index (χ1v) is 11.2. The molecule has 1 saturated heterocycles. The van der Waals surface area contributed by atoms with Gasteiger partial charge >= 0.3 is 0 Å². The second-order valence-corrected chi connectivity index (χ2v) is 9.00. The van der Waals surface area contributed by atoms with E-state index >= 15 is 0 Å². The molecule has 1 heterocycles. The summed E-state index contributed by atoms with van der Waals surface area (Å²) < 4.78 is 14.5. The van der Waals surface area contributed by atoms with Gasteiger partial charge < -0.3 is 5.32 Å². The van der Waals surface area contributed by atoms with Gasteiger partial charge in [-0.1, -0.05) is 41.4 Å². The number of nitrogens with one attached hydrogen (secondary N) is 1. The number of thioether (sulfide) groups is 1. The Morgan fingerprint density at radius 2 is 1.94 bits per heavy atom. The lowest BCUT2D eigenvalue weighted by Gasteiger charge is -2.25. The summed E-state index contributed by atoms with van der Waals surface area (Å²) in [4.78, 5) is 26.7. The van der Waals surface area contributed by atoms with E-state index in [-0.39, 0.29) is 28.3 Å². The third kappa shape index (κ3) is 4.56. The largest absolute Gasteiger partial charge is 0.322 e. The van der Waals surface area contributed by atoms with E-state index in [1.54, 1.807) is 42.5 Å². The molecule has 31 heavy (non-hydrogen) atoms. The molecule has 3 aromatic carbocycles. The predicted molar refractivity (Wildman–Crippen MR) is 125 cm³/mol. The van der Waals surface area contributed by atoms with E-state index in [9.17, 15) is 14.0 Å². The molecule has 4 nitrogen and oxygen atoms in total. The smallest absolute Gasteiger partial charge is 0.257 e. The molecular weight excluding hydrogens is 458 g/mol. The Morgan fingerprint density at radius 1 is 1.13 bits per heavy atom. The normalized spacial score (nSPS) is 15.9. The van der Waals surface area contributed by atoms with Gasteiger partial charge in [0.05, 0.1) is 22.0 Å². The van der Waals surface area contributed by atoms with Crippen molar-refractivity contribution in [3.05, 3.63) is 93.2 Å². The lowest BCUT2D eigenvalue weighted by atomic mass is 10.1. The van der Waals surface area contributed by atoms with Crippen LogP contribution in [0.15, 0.2) is 60.7 Å². The molecule has 1 unspecified atom stereocenters. The van der Waals surface area contributed by atoms with Crippen LogP contribution < -0.4 is 10.2 Å². The first-order valence-electron chi connectivity index (χ1n) is 9.39. The Labute approximate surface area is 193 Å². The number of halogens is 3. The van der Waals surface area contributed by atoms with E-state index in [1.165, 1.54) is 28.8 Å². The van der Waals surface area contributed by atoms with Gasteiger partial charge in [-0.2, -0.15) is 0 Å². The highest BCUT2D eigenvalue weighted by Gasteiger charge is 2.35. The van der Waals surface area contributed by atoms with Gasteiger partial charge in [-0.05, 0) is 60.5 Å². The van der Waals surface area contributed by atoms with Gasteiger partial charge in [-0.15, -0.1) is 11.8 Å². The van der Waals surface area contributed by atoms with E-state index in [0.717, 1.165) is 11.1 Å². The molecule has 1 aliphatic heterocycles. The Bertz CT molecular complexity index is 1190. The average Bonchev–Trinajstić information content (AvgIpc) is 3.11. The predicted octanol–water partition coefficient (Wildman–Crippen LogP) is 6.47. The van der Waals surface area contributed by atoms with Crippen molar-refractivity contribution in [3.8, 4) is 0 Å². The van der Waals surface area contributed by atoms with Crippen molar-refractivity contribution in [1.82, 2.24) is 0 Å². The molecule has 0 saturated carbocycles. The molecule has 8 heteroatoms. The highest BCUT2D eigenvalue weighted by atomic mass is 35.5. The van der Waals surface area contributed by atoms with Crippen LogP contribution in [0, 0.1) is 12.7 Å². The van der Waals surface area contributed by atoms with Crippen LogP contribution in [0.1, 0.15) is 26.9 Å². The molecule has 0 spiro atoms. The van der Waals surface area contributed by atoms with Crippen molar-refractivity contribution < 1.29 is 14.0 Å². The Kier molecular flexibility index (Phi) is 6.23. The molecule has 3 aromatic rings. The van der Waals surface area contributed by atoms with Crippen molar-refractivity contribution in [1.29, 1.82) is 0 Å². The number of carbonyl (C=O) groups excluding carboxylic acids is 2. The topological polar surface area (TPSA) is 49.4 Å². The summed E-state index contributed by atoms with van der Waals surface area (Å²) in [6.45, 7) is 1.85. The Balaban J connectivity index is 1.62. The summed E-state index contributed by atoms with van der Waals surface area (Å²) in [5.41, 5.74) is 2.73. The van der Waals surface area contributed by atoms with Gasteiger partial charge in [0.1, 0.15) is 11.2 Å². The van der Waals surface area contributed by atoms with Crippen molar-refractivity contribution in [2.24, 2.45) is 0 Å². The number of nitrogens with zero attached hydrogens (tertiary/aromatic N) is 1. The number of rotatable bonds is 4. The van der Waals surface area contributed by atoms with Gasteiger partial charge in [0.25, 0.3) is 5.91 Å². The summed E-state index contributed by atoms with van der Waals surface area (Å²) in [6.07, 6.45) is 0. The van der Waals surface area contributed by atoms with Gasteiger partial charge in [0, 0.05) is 10.7 Å². The third-order valence-corrected chi connectivity index (χ3v) is 6.59. The molecule has 0 radical (unpaired) electrons. The Hall–Kier alpha value is -2.54. The van der Waals surface area contributed by atoms with Gasteiger partial charge in [-0.25, -0.2) is 4.39 Å². The summed E-state index contributed by atoms with van der Waals surface area (Å²) in [7, 11) is 0. The fraction of sp³-hybridized carbons (Fsp3) is 0.130. The van der Waals surface area contributed by atoms with Gasteiger partial charge in [-0.3, -0.25) is 14.5 Å². The van der Waals surface area contributed by atoms with Crippen molar-refractivity contribution in [2.75, 3.05) is 16.0 Å². The van der Waals surface area contributed by atoms with Crippen molar-refractivity contribution in [2.45, 2.75) is 12.3 Å². The Morgan fingerprint density at radius 3 is 2.71 bits per heavy atom. The second-order valence-electron chi connectivity index (χ2n) is 7.09. The van der Waals surface area contributed by atoms with Crippen LogP contribution in [-0.2, 0) is 4.79 Å². The van der Waals surface area contributed by atoms with Crippen LogP contribution in [0.5, 0.6) is 0 Å². The molecule has 4 rings (SSSR count). The molecule has 0 bridgehead atoms. The average molecular weight is 475 g/mol. The van der Waals surface area contributed by atoms with Crippen molar-refractivity contribution >= 4 is 58.2 Å². The fourth-order valence-corrected chi connectivity index (χ4v) is 5.03.